The lowest BCUT2D eigenvalue weighted by Gasteiger charge is -2.35. The topological polar surface area (TPSA) is 61.4 Å². The van der Waals surface area contributed by atoms with E-state index in [0.717, 1.165) is 12.8 Å². The fourth-order valence-electron chi connectivity index (χ4n) is 2.31. The Labute approximate surface area is 97.8 Å². The van der Waals surface area contributed by atoms with Crippen LogP contribution in [-0.2, 0) is 4.79 Å². The quantitative estimate of drug-likeness (QED) is 0.626. The van der Waals surface area contributed by atoms with Crippen LogP contribution in [-0.4, -0.2) is 37.8 Å². The Hall–Kier alpha value is -0.610. The van der Waals surface area contributed by atoms with Crippen LogP contribution in [0.2, 0.25) is 0 Å². The maximum atomic E-state index is 11.5. The molecule has 0 saturated heterocycles. The van der Waals surface area contributed by atoms with Gasteiger partial charge in [0.25, 0.3) is 0 Å². The van der Waals surface area contributed by atoms with Gasteiger partial charge in [0, 0.05) is 24.9 Å². The molecular formula is C12H24N2O2. The lowest BCUT2D eigenvalue weighted by atomic mass is 9.74. The Balaban J connectivity index is 2.30. The number of hydrogen-bond donors (Lipinski definition) is 3. The van der Waals surface area contributed by atoms with Crippen LogP contribution in [0.1, 0.15) is 38.5 Å². The van der Waals surface area contributed by atoms with Crippen molar-refractivity contribution in [2.24, 2.45) is 5.41 Å². The minimum absolute atomic E-state index is 0.0481. The Morgan fingerprint density at radius 3 is 2.56 bits per heavy atom. The molecule has 0 aliphatic heterocycles. The summed E-state index contributed by atoms with van der Waals surface area (Å²) in [5.41, 5.74) is -0.0481. The van der Waals surface area contributed by atoms with Crippen molar-refractivity contribution in [2.45, 2.75) is 38.5 Å². The van der Waals surface area contributed by atoms with E-state index in [-0.39, 0.29) is 17.9 Å². The maximum absolute atomic E-state index is 11.5. The van der Waals surface area contributed by atoms with Gasteiger partial charge in [-0.15, -0.1) is 0 Å². The molecule has 94 valence electrons. The van der Waals surface area contributed by atoms with Gasteiger partial charge in [0.15, 0.2) is 0 Å². The highest BCUT2D eigenvalue weighted by atomic mass is 16.3. The second kappa shape index (κ2) is 6.86. The molecule has 1 amide bonds. The number of rotatable bonds is 6. The van der Waals surface area contributed by atoms with Crippen LogP contribution >= 0.6 is 0 Å². The predicted octanol–water partition coefficient (Wildman–Crippen LogP) is 0.655. The molecule has 3 N–H and O–H groups in total. The summed E-state index contributed by atoms with van der Waals surface area (Å²) in [4.78, 5) is 11.5. The Morgan fingerprint density at radius 1 is 1.31 bits per heavy atom. The first kappa shape index (κ1) is 13.5. The fraction of sp³-hybridized carbons (Fsp3) is 0.917. The third-order valence-electron chi connectivity index (χ3n) is 3.51. The first-order valence-electron chi connectivity index (χ1n) is 6.25. The van der Waals surface area contributed by atoms with Crippen LogP contribution < -0.4 is 10.6 Å². The van der Waals surface area contributed by atoms with Gasteiger partial charge in [0.05, 0.1) is 6.61 Å². The number of carbonyl (C=O) groups is 1. The highest BCUT2D eigenvalue weighted by molar-refractivity contribution is 5.76. The first-order chi connectivity index (χ1) is 7.72. The molecule has 1 fully saturated rings. The minimum atomic E-state index is -0.0481. The average molecular weight is 228 g/mol. The molecule has 1 saturated carbocycles. The van der Waals surface area contributed by atoms with Gasteiger partial charge in [-0.05, 0) is 19.9 Å². The van der Waals surface area contributed by atoms with E-state index in [2.05, 4.69) is 10.6 Å². The van der Waals surface area contributed by atoms with Gasteiger partial charge >= 0.3 is 0 Å². The number of hydrogen-bond acceptors (Lipinski definition) is 3. The molecule has 0 aromatic rings. The standard InChI is InChI=1S/C12H24N2O2/c1-13-8-5-11(16)14-9-12(10-15)6-3-2-4-7-12/h13,15H,2-10H2,1H3,(H,14,16). The van der Waals surface area contributed by atoms with Crippen molar-refractivity contribution in [1.29, 1.82) is 0 Å². The predicted molar refractivity (Wildman–Crippen MR) is 64.2 cm³/mol. The van der Waals surface area contributed by atoms with Crippen LogP contribution in [0.25, 0.3) is 0 Å². The van der Waals surface area contributed by atoms with Crippen molar-refractivity contribution in [3.05, 3.63) is 0 Å². The van der Waals surface area contributed by atoms with Crippen LogP contribution in [0.4, 0.5) is 0 Å². The molecule has 1 aliphatic rings. The van der Waals surface area contributed by atoms with E-state index in [1.807, 2.05) is 7.05 Å². The van der Waals surface area contributed by atoms with Crippen molar-refractivity contribution in [2.75, 3.05) is 26.7 Å². The fourth-order valence-corrected chi connectivity index (χ4v) is 2.31. The summed E-state index contributed by atoms with van der Waals surface area (Å²) in [5.74, 6) is 0.0766. The third-order valence-corrected chi connectivity index (χ3v) is 3.51. The number of nitrogens with one attached hydrogen (secondary N) is 2. The monoisotopic (exact) mass is 228 g/mol. The third kappa shape index (κ3) is 4.10. The van der Waals surface area contributed by atoms with Crippen LogP contribution in [0.5, 0.6) is 0 Å². The smallest absolute Gasteiger partial charge is 0.221 e. The molecule has 1 rings (SSSR count). The van der Waals surface area contributed by atoms with Crippen LogP contribution in [0, 0.1) is 5.41 Å². The summed E-state index contributed by atoms with van der Waals surface area (Å²) in [7, 11) is 1.84. The molecule has 0 heterocycles. The van der Waals surface area contributed by atoms with Gasteiger partial charge in [-0.2, -0.15) is 0 Å². The van der Waals surface area contributed by atoms with Crippen LogP contribution in [0.3, 0.4) is 0 Å². The van der Waals surface area contributed by atoms with Crippen molar-refractivity contribution in [1.82, 2.24) is 10.6 Å². The molecule has 0 aromatic heterocycles. The summed E-state index contributed by atoms with van der Waals surface area (Å²) >= 11 is 0. The van der Waals surface area contributed by atoms with E-state index in [0.29, 0.717) is 19.5 Å². The lowest BCUT2D eigenvalue weighted by Crippen LogP contribution is -2.41. The van der Waals surface area contributed by atoms with Gasteiger partial charge in [0.2, 0.25) is 5.91 Å². The highest BCUT2D eigenvalue weighted by Crippen LogP contribution is 2.35. The SMILES string of the molecule is CNCCC(=O)NCC1(CO)CCCCC1. The highest BCUT2D eigenvalue weighted by Gasteiger charge is 2.31. The Bertz CT molecular complexity index is 213. The average Bonchev–Trinajstić information content (AvgIpc) is 2.35. The summed E-state index contributed by atoms with van der Waals surface area (Å²) in [6, 6.07) is 0. The normalized spacial score (nSPS) is 19.4. The zero-order chi connectivity index (χ0) is 11.9. The van der Waals surface area contributed by atoms with E-state index >= 15 is 0 Å². The number of aliphatic hydroxyl groups excluding tert-OH is 1. The van der Waals surface area contributed by atoms with Crippen LogP contribution in [0.15, 0.2) is 0 Å². The van der Waals surface area contributed by atoms with E-state index < -0.39 is 0 Å². The van der Waals surface area contributed by atoms with Crippen molar-refractivity contribution < 1.29 is 9.90 Å². The van der Waals surface area contributed by atoms with E-state index in [1.165, 1.54) is 19.3 Å². The second-order valence-electron chi connectivity index (χ2n) is 4.85. The summed E-state index contributed by atoms with van der Waals surface area (Å²) in [6.45, 7) is 1.53. The first-order valence-corrected chi connectivity index (χ1v) is 6.25. The van der Waals surface area contributed by atoms with E-state index in [4.69, 9.17) is 0 Å². The number of carbonyl (C=O) groups excluding carboxylic acids is 1. The lowest BCUT2D eigenvalue weighted by molar-refractivity contribution is -0.121. The zero-order valence-electron chi connectivity index (χ0n) is 10.2. The Morgan fingerprint density at radius 2 is 2.00 bits per heavy atom. The van der Waals surface area contributed by atoms with Gasteiger partial charge in [-0.1, -0.05) is 19.3 Å². The zero-order valence-corrected chi connectivity index (χ0v) is 10.2. The minimum Gasteiger partial charge on any atom is -0.396 e. The van der Waals surface area contributed by atoms with Crippen molar-refractivity contribution in [3.63, 3.8) is 0 Å². The molecule has 0 bridgehead atoms. The number of amides is 1. The molecule has 0 aromatic carbocycles. The molecule has 0 atom stereocenters. The van der Waals surface area contributed by atoms with E-state index in [1.54, 1.807) is 0 Å². The van der Waals surface area contributed by atoms with Crippen molar-refractivity contribution >= 4 is 5.91 Å². The van der Waals surface area contributed by atoms with Gasteiger partial charge < -0.3 is 15.7 Å². The molecule has 4 heteroatoms. The van der Waals surface area contributed by atoms with Gasteiger partial charge in [0.1, 0.15) is 0 Å². The van der Waals surface area contributed by atoms with E-state index in [9.17, 15) is 9.90 Å². The Kier molecular flexibility index (Phi) is 5.77. The molecule has 1 aliphatic carbocycles. The van der Waals surface area contributed by atoms with Crippen molar-refractivity contribution in [3.8, 4) is 0 Å². The molecule has 0 spiro atoms. The van der Waals surface area contributed by atoms with Gasteiger partial charge in [-0.3, -0.25) is 4.79 Å². The molecule has 16 heavy (non-hydrogen) atoms. The molecule has 0 radical (unpaired) electrons. The van der Waals surface area contributed by atoms with Gasteiger partial charge in [-0.25, -0.2) is 0 Å². The summed E-state index contributed by atoms with van der Waals surface area (Å²) in [6.07, 6.45) is 6.19. The molecule has 0 unspecified atom stereocenters. The maximum Gasteiger partial charge on any atom is 0.221 e. The molecular weight excluding hydrogens is 204 g/mol. The number of aliphatic hydroxyl groups is 1. The summed E-state index contributed by atoms with van der Waals surface area (Å²) < 4.78 is 0. The largest absolute Gasteiger partial charge is 0.396 e. The summed E-state index contributed by atoms with van der Waals surface area (Å²) in [5, 5.41) is 15.4. The second-order valence-corrected chi connectivity index (χ2v) is 4.85. The molecule has 4 nitrogen and oxygen atoms in total.